The van der Waals surface area contributed by atoms with Crippen molar-refractivity contribution in [3.05, 3.63) is 30.1 Å². The second-order valence-corrected chi connectivity index (χ2v) is 3.16. The highest BCUT2D eigenvalue weighted by Gasteiger charge is 2.19. The molecule has 0 N–H and O–H groups in total. The van der Waals surface area contributed by atoms with E-state index in [-0.39, 0.29) is 5.78 Å². The van der Waals surface area contributed by atoms with Crippen molar-refractivity contribution in [2.24, 2.45) is 0 Å². The third kappa shape index (κ3) is 1.41. The summed E-state index contributed by atoms with van der Waals surface area (Å²) < 4.78 is 5.17. The number of ether oxygens (including phenoxy) is 1. The van der Waals surface area contributed by atoms with Crippen LogP contribution in [-0.2, 0) is 4.79 Å². The molecule has 3 heteroatoms. The number of allylic oxidation sites excluding steroid dienone is 2. The van der Waals surface area contributed by atoms with Crippen molar-refractivity contribution in [1.82, 2.24) is 4.98 Å². The zero-order valence-corrected chi connectivity index (χ0v) is 7.99. The van der Waals surface area contributed by atoms with Crippen LogP contribution in [0, 0.1) is 0 Å². The Morgan fingerprint density at radius 3 is 3.00 bits per heavy atom. The SMILES string of the molecule is COc1ccncc1C1=CCCC1=O. The predicted molar refractivity (Wildman–Crippen MR) is 53.0 cm³/mol. The van der Waals surface area contributed by atoms with Gasteiger partial charge in [-0.25, -0.2) is 0 Å². The lowest BCUT2D eigenvalue weighted by Gasteiger charge is -2.06. The summed E-state index contributed by atoms with van der Waals surface area (Å²) in [4.78, 5) is 15.5. The van der Waals surface area contributed by atoms with E-state index >= 15 is 0 Å². The first-order valence-corrected chi connectivity index (χ1v) is 4.54. The Balaban J connectivity index is 2.45. The van der Waals surface area contributed by atoms with Crippen LogP contribution < -0.4 is 4.74 Å². The van der Waals surface area contributed by atoms with Gasteiger partial charge in [-0.2, -0.15) is 0 Å². The van der Waals surface area contributed by atoms with Crippen LogP contribution in [0.4, 0.5) is 0 Å². The van der Waals surface area contributed by atoms with Crippen LogP contribution in [0.2, 0.25) is 0 Å². The number of carbonyl (C=O) groups excluding carboxylic acids is 1. The molecule has 0 unspecified atom stereocenters. The number of methoxy groups -OCH3 is 1. The topological polar surface area (TPSA) is 39.2 Å². The van der Waals surface area contributed by atoms with Crippen molar-refractivity contribution in [2.75, 3.05) is 7.11 Å². The molecule has 1 aromatic heterocycles. The molecule has 2 rings (SSSR count). The van der Waals surface area contributed by atoms with Gasteiger partial charge in [0.25, 0.3) is 0 Å². The summed E-state index contributed by atoms with van der Waals surface area (Å²) in [6.07, 6.45) is 6.71. The monoisotopic (exact) mass is 189 g/mol. The molecule has 3 nitrogen and oxygen atoms in total. The van der Waals surface area contributed by atoms with E-state index in [0.29, 0.717) is 12.2 Å². The van der Waals surface area contributed by atoms with Gasteiger partial charge in [-0.3, -0.25) is 9.78 Å². The van der Waals surface area contributed by atoms with Crippen molar-refractivity contribution in [1.29, 1.82) is 0 Å². The van der Waals surface area contributed by atoms with E-state index in [1.807, 2.05) is 6.08 Å². The Labute approximate surface area is 82.4 Å². The van der Waals surface area contributed by atoms with Gasteiger partial charge in [0.05, 0.1) is 7.11 Å². The third-order valence-electron chi connectivity index (χ3n) is 2.31. The van der Waals surface area contributed by atoms with E-state index < -0.39 is 0 Å². The lowest BCUT2D eigenvalue weighted by Crippen LogP contribution is -1.98. The van der Waals surface area contributed by atoms with Crippen LogP contribution in [-0.4, -0.2) is 17.9 Å². The lowest BCUT2D eigenvalue weighted by molar-refractivity contribution is -0.113. The fourth-order valence-corrected chi connectivity index (χ4v) is 1.62. The van der Waals surface area contributed by atoms with Crippen LogP contribution in [0.15, 0.2) is 24.5 Å². The minimum atomic E-state index is 0.177. The standard InChI is InChI=1S/C11H11NO2/c1-14-11-5-6-12-7-9(11)8-3-2-4-10(8)13/h3,5-7H,2,4H2,1H3. The molecule has 1 aliphatic rings. The van der Waals surface area contributed by atoms with Gasteiger partial charge in [0, 0.05) is 30.0 Å². The highest BCUT2D eigenvalue weighted by atomic mass is 16.5. The molecule has 0 amide bonds. The second kappa shape index (κ2) is 3.62. The van der Waals surface area contributed by atoms with Gasteiger partial charge in [0.15, 0.2) is 5.78 Å². The molecule has 0 fully saturated rings. The van der Waals surface area contributed by atoms with E-state index in [4.69, 9.17) is 4.74 Å². The van der Waals surface area contributed by atoms with E-state index in [2.05, 4.69) is 4.98 Å². The Morgan fingerprint density at radius 1 is 1.50 bits per heavy atom. The van der Waals surface area contributed by atoms with Crippen molar-refractivity contribution in [3.8, 4) is 5.75 Å². The molecule has 0 saturated carbocycles. The molecule has 72 valence electrons. The lowest BCUT2D eigenvalue weighted by atomic mass is 10.1. The van der Waals surface area contributed by atoms with Gasteiger partial charge < -0.3 is 4.74 Å². The Bertz CT molecular complexity index is 396. The van der Waals surface area contributed by atoms with Crippen molar-refractivity contribution >= 4 is 11.4 Å². The molecule has 0 aromatic carbocycles. The molecule has 0 atom stereocenters. The maximum Gasteiger partial charge on any atom is 0.163 e. The van der Waals surface area contributed by atoms with Gasteiger partial charge in [-0.15, -0.1) is 0 Å². The van der Waals surface area contributed by atoms with Crippen molar-refractivity contribution < 1.29 is 9.53 Å². The van der Waals surface area contributed by atoms with Gasteiger partial charge in [-0.1, -0.05) is 6.08 Å². The number of rotatable bonds is 2. The normalized spacial score (nSPS) is 15.5. The molecule has 0 aliphatic heterocycles. The summed E-state index contributed by atoms with van der Waals surface area (Å²) in [5.41, 5.74) is 1.55. The zero-order chi connectivity index (χ0) is 9.97. The number of hydrogen-bond acceptors (Lipinski definition) is 3. The highest BCUT2D eigenvalue weighted by molar-refractivity contribution is 6.23. The summed E-state index contributed by atoms with van der Waals surface area (Å²) in [7, 11) is 1.60. The Kier molecular flexibility index (Phi) is 2.31. The molecule has 0 radical (unpaired) electrons. The molecular formula is C11H11NO2. The minimum absolute atomic E-state index is 0.177. The van der Waals surface area contributed by atoms with Gasteiger partial charge in [-0.05, 0) is 12.5 Å². The quantitative estimate of drug-likeness (QED) is 0.712. The number of aromatic nitrogens is 1. The maximum atomic E-state index is 11.5. The first kappa shape index (κ1) is 8.94. The molecule has 0 bridgehead atoms. The van der Waals surface area contributed by atoms with Crippen LogP contribution in [0.5, 0.6) is 5.75 Å². The van der Waals surface area contributed by atoms with E-state index in [0.717, 1.165) is 17.6 Å². The van der Waals surface area contributed by atoms with Crippen molar-refractivity contribution in [3.63, 3.8) is 0 Å². The van der Waals surface area contributed by atoms with E-state index in [1.54, 1.807) is 25.6 Å². The first-order chi connectivity index (χ1) is 6.83. The summed E-state index contributed by atoms with van der Waals surface area (Å²) in [6, 6.07) is 1.77. The second-order valence-electron chi connectivity index (χ2n) is 3.16. The number of carbonyl (C=O) groups is 1. The molecule has 0 spiro atoms. The first-order valence-electron chi connectivity index (χ1n) is 4.54. The summed E-state index contributed by atoms with van der Waals surface area (Å²) in [5.74, 6) is 0.887. The maximum absolute atomic E-state index is 11.5. The molecule has 0 saturated heterocycles. The van der Waals surface area contributed by atoms with Gasteiger partial charge in [0.1, 0.15) is 5.75 Å². The number of hydrogen-bond donors (Lipinski definition) is 0. The van der Waals surface area contributed by atoms with Crippen molar-refractivity contribution in [2.45, 2.75) is 12.8 Å². The van der Waals surface area contributed by atoms with Crippen LogP contribution >= 0.6 is 0 Å². The molecule has 1 aliphatic carbocycles. The van der Waals surface area contributed by atoms with Crippen LogP contribution in [0.1, 0.15) is 18.4 Å². The summed E-state index contributed by atoms with van der Waals surface area (Å²) in [6.45, 7) is 0. The summed E-state index contributed by atoms with van der Waals surface area (Å²) in [5, 5.41) is 0. The average molecular weight is 189 g/mol. The summed E-state index contributed by atoms with van der Waals surface area (Å²) >= 11 is 0. The van der Waals surface area contributed by atoms with Crippen LogP contribution in [0.25, 0.3) is 5.57 Å². The highest BCUT2D eigenvalue weighted by Crippen LogP contribution is 2.30. The number of pyridine rings is 1. The van der Waals surface area contributed by atoms with E-state index in [9.17, 15) is 4.79 Å². The molecular weight excluding hydrogens is 178 g/mol. The van der Waals surface area contributed by atoms with Crippen LogP contribution in [0.3, 0.4) is 0 Å². The average Bonchev–Trinajstić information content (AvgIpc) is 2.64. The Morgan fingerprint density at radius 2 is 2.36 bits per heavy atom. The third-order valence-corrected chi connectivity index (χ3v) is 2.31. The largest absolute Gasteiger partial charge is 0.496 e. The van der Waals surface area contributed by atoms with E-state index in [1.165, 1.54) is 0 Å². The predicted octanol–water partition coefficient (Wildman–Crippen LogP) is 1.84. The smallest absolute Gasteiger partial charge is 0.163 e. The van der Waals surface area contributed by atoms with Gasteiger partial charge >= 0.3 is 0 Å². The molecule has 14 heavy (non-hydrogen) atoms. The fourth-order valence-electron chi connectivity index (χ4n) is 1.62. The molecule has 1 aromatic rings. The number of nitrogens with zero attached hydrogens (tertiary/aromatic N) is 1. The van der Waals surface area contributed by atoms with Gasteiger partial charge in [0.2, 0.25) is 0 Å². The Hall–Kier alpha value is -1.64. The minimum Gasteiger partial charge on any atom is -0.496 e. The molecule has 1 heterocycles. The fraction of sp³-hybridized carbons (Fsp3) is 0.273. The number of ketones is 1. The zero-order valence-electron chi connectivity index (χ0n) is 7.99. The number of Topliss-reactive ketones (excluding diaryl/α,β-unsaturated/α-hetero) is 1.